The Morgan fingerprint density at radius 2 is 1.73 bits per heavy atom. The summed E-state index contributed by atoms with van der Waals surface area (Å²) in [6.07, 6.45) is 0. The van der Waals surface area contributed by atoms with Crippen molar-refractivity contribution in [3.63, 3.8) is 0 Å². The van der Waals surface area contributed by atoms with Crippen molar-refractivity contribution in [1.82, 2.24) is 0 Å². The number of anilines is 2. The standard InChI is InChI=1S/C13H14BN/c1-10-8-9-14-13(11(10)2)15-12-6-4-3-5-7-12/h3-9,15H,1-2H3. The Morgan fingerprint density at radius 3 is 2.47 bits per heavy atom. The number of hydrogen-bond acceptors (Lipinski definition) is 1. The molecule has 0 aliphatic carbocycles. The number of hydrogen-bond donors (Lipinski definition) is 1. The van der Waals surface area contributed by atoms with E-state index in [9.17, 15) is 0 Å². The molecular weight excluding hydrogens is 181 g/mol. The average Bonchev–Trinajstić information content (AvgIpc) is 2.26. The van der Waals surface area contributed by atoms with Gasteiger partial charge in [-0.25, -0.2) is 0 Å². The van der Waals surface area contributed by atoms with Crippen LogP contribution in [0.2, 0.25) is 0 Å². The van der Waals surface area contributed by atoms with Gasteiger partial charge in [-0.3, -0.25) is 0 Å². The predicted octanol–water partition coefficient (Wildman–Crippen LogP) is 3.39. The molecule has 0 radical (unpaired) electrons. The zero-order chi connectivity index (χ0) is 10.7. The fourth-order valence-corrected chi connectivity index (χ4v) is 1.56. The van der Waals surface area contributed by atoms with Crippen molar-refractivity contribution in [2.75, 3.05) is 5.32 Å². The van der Waals surface area contributed by atoms with Gasteiger partial charge < -0.3 is 0 Å². The van der Waals surface area contributed by atoms with Gasteiger partial charge in [0, 0.05) is 0 Å². The van der Waals surface area contributed by atoms with Crippen molar-refractivity contribution in [3.8, 4) is 0 Å². The molecule has 1 aromatic heterocycles. The fourth-order valence-electron chi connectivity index (χ4n) is 1.56. The molecule has 0 aliphatic rings. The zero-order valence-corrected chi connectivity index (χ0v) is 9.12. The Labute approximate surface area is 91.4 Å². The van der Waals surface area contributed by atoms with Crippen molar-refractivity contribution in [1.29, 1.82) is 0 Å². The van der Waals surface area contributed by atoms with Crippen LogP contribution in [0.1, 0.15) is 11.1 Å². The van der Waals surface area contributed by atoms with Crippen LogP contribution in [0.3, 0.4) is 0 Å². The Balaban J connectivity index is 2.29. The molecule has 1 heterocycles. The van der Waals surface area contributed by atoms with E-state index in [0.29, 0.717) is 0 Å². The number of nitrogens with one attached hydrogen (secondary N) is 1. The first-order valence-electron chi connectivity index (χ1n) is 5.15. The molecule has 0 aliphatic heterocycles. The van der Waals surface area contributed by atoms with Crippen molar-refractivity contribution < 1.29 is 0 Å². The zero-order valence-electron chi connectivity index (χ0n) is 9.12. The first kappa shape index (κ1) is 9.97. The molecule has 1 aromatic carbocycles. The van der Waals surface area contributed by atoms with E-state index >= 15 is 0 Å². The van der Waals surface area contributed by atoms with Crippen LogP contribution in [0.4, 0.5) is 11.3 Å². The van der Waals surface area contributed by atoms with E-state index in [-0.39, 0.29) is 0 Å². The van der Waals surface area contributed by atoms with E-state index < -0.39 is 0 Å². The van der Waals surface area contributed by atoms with Gasteiger partial charge in [0.25, 0.3) is 0 Å². The van der Waals surface area contributed by atoms with Gasteiger partial charge in [0.1, 0.15) is 0 Å². The summed E-state index contributed by atoms with van der Waals surface area (Å²) in [5.41, 5.74) is 4.93. The average molecular weight is 195 g/mol. The molecule has 2 heteroatoms. The van der Waals surface area contributed by atoms with Gasteiger partial charge in [-0.1, -0.05) is 0 Å². The molecule has 2 rings (SSSR count). The summed E-state index contributed by atoms with van der Waals surface area (Å²) in [7, 11) is 0. The van der Waals surface area contributed by atoms with Gasteiger partial charge in [0.05, 0.1) is 0 Å². The Kier molecular flexibility index (Phi) is 2.86. The summed E-state index contributed by atoms with van der Waals surface area (Å²) in [5, 5.41) is 3.41. The fraction of sp³-hybridized carbons (Fsp3) is 0.154. The molecule has 0 saturated carbocycles. The summed E-state index contributed by atoms with van der Waals surface area (Å²) >= 11 is 0. The van der Waals surface area contributed by atoms with Crippen LogP contribution in [-0.4, -0.2) is 6.91 Å². The van der Waals surface area contributed by atoms with Crippen LogP contribution in [0, 0.1) is 13.8 Å². The first-order chi connectivity index (χ1) is 7.27. The third-order valence-electron chi connectivity index (χ3n) is 2.66. The molecule has 0 saturated heterocycles. The van der Waals surface area contributed by atoms with Gasteiger partial charge >= 0.3 is 90.8 Å². The molecule has 15 heavy (non-hydrogen) atoms. The topological polar surface area (TPSA) is 12.0 Å². The van der Waals surface area contributed by atoms with Crippen LogP contribution < -0.4 is 5.32 Å². The molecule has 0 unspecified atom stereocenters. The number of para-hydroxylation sites is 1. The molecule has 1 nitrogen and oxygen atoms in total. The monoisotopic (exact) mass is 195 g/mol. The van der Waals surface area contributed by atoms with E-state index in [4.69, 9.17) is 0 Å². The SMILES string of the molecule is Cc1ccbc(Nc2ccccc2)c1C. The molecule has 0 amide bonds. The molecule has 74 valence electrons. The van der Waals surface area contributed by atoms with Crippen LogP contribution in [-0.2, 0) is 0 Å². The van der Waals surface area contributed by atoms with Gasteiger partial charge in [-0.05, 0) is 0 Å². The van der Waals surface area contributed by atoms with Crippen LogP contribution in [0.5, 0.6) is 0 Å². The Bertz CT molecular complexity index is 451. The Morgan fingerprint density at radius 1 is 1.00 bits per heavy atom. The van der Waals surface area contributed by atoms with Crippen LogP contribution in [0.25, 0.3) is 0 Å². The Hall–Kier alpha value is -1.57. The summed E-state index contributed by atoms with van der Waals surface area (Å²) in [4.78, 5) is 0. The van der Waals surface area contributed by atoms with E-state index in [2.05, 4.69) is 50.2 Å². The summed E-state index contributed by atoms with van der Waals surface area (Å²) in [5.74, 6) is 2.08. The maximum atomic E-state index is 3.41. The van der Waals surface area contributed by atoms with Crippen molar-refractivity contribution >= 4 is 18.2 Å². The van der Waals surface area contributed by atoms with Gasteiger partial charge in [-0.15, -0.1) is 0 Å². The third kappa shape index (κ3) is 2.27. The molecule has 2 aromatic rings. The van der Waals surface area contributed by atoms with Crippen LogP contribution >= 0.6 is 0 Å². The summed E-state index contributed by atoms with van der Waals surface area (Å²) in [6.45, 7) is 6.38. The predicted molar refractivity (Wildman–Crippen MR) is 67.0 cm³/mol. The quantitative estimate of drug-likeness (QED) is 0.774. The van der Waals surface area contributed by atoms with E-state index in [1.54, 1.807) is 0 Å². The minimum atomic E-state index is 1.13. The molecule has 0 spiro atoms. The third-order valence-corrected chi connectivity index (χ3v) is 2.66. The van der Waals surface area contributed by atoms with Gasteiger partial charge in [0.15, 0.2) is 0 Å². The minimum absolute atomic E-state index is 1.13. The van der Waals surface area contributed by atoms with Crippen molar-refractivity contribution in [3.05, 3.63) is 53.5 Å². The van der Waals surface area contributed by atoms with E-state index in [1.165, 1.54) is 16.7 Å². The second-order valence-electron chi connectivity index (χ2n) is 3.74. The summed E-state index contributed by atoms with van der Waals surface area (Å²) < 4.78 is 0. The first-order valence-corrected chi connectivity index (χ1v) is 5.15. The number of rotatable bonds is 2. The second-order valence-corrected chi connectivity index (χ2v) is 3.74. The van der Waals surface area contributed by atoms with Crippen molar-refractivity contribution in [2.45, 2.75) is 13.8 Å². The maximum absolute atomic E-state index is 3.41. The molecular formula is C13H14BN. The number of aryl methyl sites for hydroxylation is 1. The summed E-state index contributed by atoms with van der Waals surface area (Å²) in [6, 6.07) is 12.4. The van der Waals surface area contributed by atoms with Crippen molar-refractivity contribution in [2.24, 2.45) is 0 Å². The molecule has 1 N–H and O–H groups in total. The van der Waals surface area contributed by atoms with E-state index in [1.807, 2.05) is 18.2 Å². The molecule has 0 atom stereocenters. The normalized spacial score (nSPS) is 9.73. The van der Waals surface area contributed by atoms with E-state index in [0.717, 1.165) is 5.69 Å². The van der Waals surface area contributed by atoms with Crippen LogP contribution in [0.15, 0.2) is 42.4 Å². The molecule has 0 fully saturated rings. The van der Waals surface area contributed by atoms with Gasteiger partial charge in [-0.2, -0.15) is 0 Å². The van der Waals surface area contributed by atoms with Gasteiger partial charge in [0.2, 0.25) is 0 Å². The number of benzene rings is 1. The second kappa shape index (κ2) is 4.30. The molecule has 0 bridgehead atoms.